The van der Waals surface area contributed by atoms with E-state index in [1.807, 2.05) is 12.1 Å². The molecule has 0 aliphatic heterocycles. The van der Waals surface area contributed by atoms with Crippen molar-refractivity contribution < 1.29 is 5.11 Å². The molecular formula is C11H14BrNOS. The first-order valence-corrected chi connectivity index (χ1v) is 5.82. The molecule has 0 saturated carbocycles. The average Bonchev–Trinajstić information content (AvgIpc) is 2.14. The molecule has 0 radical (unpaired) electrons. The number of hydrogen-bond acceptors (Lipinski definition) is 3. The smallest absolute Gasteiger partial charge is 0.100 e. The van der Waals surface area contributed by atoms with Gasteiger partial charge in [-0.05, 0) is 24.1 Å². The van der Waals surface area contributed by atoms with Crippen molar-refractivity contribution in [3.63, 3.8) is 0 Å². The summed E-state index contributed by atoms with van der Waals surface area (Å²) in [6.45, 7) is 4.60. The fourth-order valence-corrected chi connectivity index (χ4v) is 1.95. The van der Waals surface area contributed by atoms with E-state index in [4.69, 9.17) is 5.11 Å². The number of aliphatic hydroxyl groups is 1. The van der Waals surface area contributed by atoms with Gasteiger partial charge in [0.15, 0.2) is 0 Å². The van der Waals surface area contributed by atoms with Gasteiger partial charge in [0.2, 0.25) is 0 Å². The molecule has 15 heavy (non-hydrogen) atoms. The maximum absolute atomic E-state index is 8.97. The Labute approximate surface area is 104 Å². The first-order chi connectivity index (χ1) is 7.08. The highest BCUT2D eigenvalue weighted by molar-refractivity contribution is 9.10. The summed E-state index contributed by atoms with van der Waals surface area (Å²) in [7, 11) is 0. The molecule has 1 N–H and O–H groups in total. The largest absolute Gasteiger partial charge is 0.512 e. The predicted molar refractivity (Wildman–Crippen MR) is 70.2 cm³/mol. The van der Waals surface area contributed by atoms with E-state index in [0.717, 1.165) is 17.4 Å². The van der Waals surface area contributed by atoms with Gasteiger partial charge < -0.3 is 5.11 Å². The van der Waals surface area contributed by atoms with Gasteiger partial charge in [-0.25, -0.2) is 4.31 Å². The van der Waals surface area contributed by atoms with E-state index in [9.17, 15) is 0 Å². The normalized spacial score (nSPS) is 10.6. The molecule has 1 aromatic rings. The molecule has 0 saturated heterocycles. The number of rotatable bonds is 5. The van der Waals surface area contributed by atoms with Gasteiger partial charge in [0.05, 0.1) is 6.54 Å². The summed E-state index contributed by atoms with van der Waals surface area (Å²) in [5, 5.41) is 8.97. The minimum absolute atomic E-state index is 0.138. The molecule has 0 heterocycles. The fraction of sp³-hybridized carbons (Fsp3) is 0.273. The Morgan fingerprint density at radius 3 is 2.87 bits per heavy atom. The summed E-state index contributed by atoms with van der Waals surface area (Å²) < 4.78 is 2.82. The van der Waals surface area contributed by atoms with Crippen LogP contribution in [0.1, 0.15) is 5.56 Å². The minimum Gasteiger partial charge on any atom is -0.512 e. The van der Waals surface area contributed by atoms with Crippen LogP contribution in [0.25, 0.3) is 0 Å². The SMILES string of the molecule is C=C(O)CN(S)CCc1cccc(Br)c1. The quantitative estimate of drug-likeness (QED) is 0.642. The van der Waals surface area contributed by atoms with Crippen LogP contribution in [0.2, 0.25) is 0 Å². The van der Waals surface area contributed by atoms with Crippen molar-refractivity contribution >= 4 is 28.7 Å². The highest BCUT2D eigenvalue weighted by Gasteiger charge is 2.01. The second-order valence-electron chi connectivity index (χ2n) is 3.33. The first kappa shape index (κ1) is 12.6. The highest BCUT2D eigenvalue weighted by atomic mass is 79.9. The number of halogens is 1. The fourth-order valence-electron chi connectivity index (χ4n) is 1.24. The molecule has 82 valence electrons. The van der Waals surface area contributed by atoms with E-state index >= 15 is 0 Å². The van der Waals surface area contributed by atoms with Crippen LogP contribution in [0, 0.1) is 0 Å². The molecule has 0 aliphatic carbocycles. The van der Waals surface area contributed by atoms with Crippen LogP contribution in [0.4, 0.5) is 0 Å². The molecule has 0 aromatic heterocycles. The van der Waals surface area contributed by atoms with Crippen molar-refractivity contribution in [3.05, 3.63) is 46.6 Å². The lowest BCUT2D eigenvalue weighted by atomic mass is 10.1. The lowest BCUT2D eigenvalue weighted by molar-refractivity contribution is 0.355. The van der Waals surface area contributed by atoms with Crippen LogP contribution in [0.3, 0.4) is 0 Å². The van der Waals surface area contributed by atoms with Gasteiger partial charge in [0, 0.05) is 11.0 Å². The summed E-state index contributed by atoms with van der Waals surface area (Å²) in [4.78, 5) is 0. The Morgan fingerprint density at radius 2 is 2.27 bits per heavy atom. The van der Waals surface area contributed by atoms with Crippen LogP contribution in [0.5, 0.6) is 0 Å². The Hall–Kier alpha value is -0.450. The Kier molecular flexibility index (Phi) is 5.22. The Balaban J connectivity index is 2.40. The van der Waals surface area contributed by atoms with E-state index in [0.29, 0.717) is 6.54 Å². The molecular weight excluding hydrogens is 274 g/mol. The zero-order valence-corrected chi connectivity index (χ0v) is 10.8. The molecule has 0 fully saturated rings. The third-order valence-corrected chi connectivity index (χ3v) is 2.75. The number of nitrogens with zero attached hydrogens (tertiary/aromatic N) is 1. The van der Waals surface area contributed by atoms with Gasteiger partial charge in [0.1, 0.15) is 5.76 Å². The van der Waals surface area contributed by atoms with Crippen LogP contribution >= 0.6 is 28.7 Å². The van der Waals surface area contributed by atoms with E-state index < -0.39 is 0 Å². The van der Waals surface area contributed by atoms with Crippen molar-refractivity contribution in [3.8, 4) is 0 Å². The lowest BCUT2D eigenvalue weighted by Crippen LogP contribution is -2.18. The zero-order chi connectivity index (χ0) is 11.3. The summed E-state index contributed by atoms with van der Waals surface area (Å²) in [5.74, 6) is 0.138. The van der Waals surface area contributed by atoms with Crippen molar-refractivity contribution in [2.75, 3.05) is 13.1 Å². The minimum atomic E-state index is 0.138. The van der Waals surface area contributed by atoms with E-state index in [1.165, 1.54) is 5.56 Å². The van der Waals surface area contributed by atoms with E-state index in [1.54, 1.807) is 4.31 Å². The van der Waals surface area contributed by atoms with Gasteiger partial charge in [-0.3, -0.25) is 0 Å². The highest BCUT2D eigenvalue weighted by Crippen LogP contribution is 2.12. The molecule has 1 aromatic carbocycles. The van der Waals surface area contributed by atoms with Crippen LogP contribution in [0.15, 0.2) is 41.1 Å². The number of aliphatic hydroxyl groups excluding tert-OH is 1. The predicted octanol–water partition coefficient (Wildman–Crippen LogP) is 3.21. The molecule has 4 heteroatoms. The van der Waals surface area contributed by atoms with Crippen molar-refractivity contribution in [2.24, 2.45) is 0 Å². The van der Waals surface area contributed by atoms with Crippen LogP contribution < -0.4 is 0 Å². The Morgan fingerprint density at radius 1 is 1.53 bits per heavy atom. The number of benzene rings is 1. The van der Waals surface area contributed by atoms with Gasteiger partial charge in [0.25, 0.3) is 0 Å². The van der Waals surface area contributed by atoms with E-state index in [2.05, 4.69) is 47.5 Å². The molecule has 0 bridgehead atoms. The van der Waals surface area contributed by atoms with Crippen molar-refractivity contribution in [1.29, 1.82) is 0 Å². The van der Waals surface area contributed by atoms with Crippen molar-refractivity contribution in [2.45, 2.75) is 6.42 Å². The summed E-state index contributed by atoms with van der Waals surface area (Å²) in [6, 6.07) is 8.15. The second-order valence-corrected chi connectivity index (χ2v) is 4.82. The topological polar surface area (TPSA) is 23.5 Å². The maximum Gasteiger partial charge on any atom is 0.100 e. The maximum atomic E-state index is 8.97. The van der Waals surface area contributed by atoms with Gasteiger partial charge in [-0.2, -0.15) is 0 Å². The third kappa shape index (κ3) is 5.25. The van der Waals surface area contributed by atoms with Gasteiger partial charge in [-0.1, -0.05) is 47.5 Å². The third-order valence-electron chi connectivity index (χ3n) is 1.91. The molecule has 0 amide bonds. The molecule has 0 unspecified atom stereocenters. The first-order valence-electron chi connectivity index (χ1n) is 4.63. The molecule has 2 nitrogen and oxygen atoms in total. The molecule has 1 rings (SSSR count). The van der Waals surface area contributed by atoms with Gasteiger partial charge >= 0.3 is 0 Å². The second kappa shape index (κ2) is 6.20. The standard InChI is InChI=1S/C11H14BrNOS/c1-9(14)8-13(15)6-5-10-3-2-4-11(12)7-10/h2-4,7,14-15H,1,5-6,8H2. The monoisotopic (exact) mass is 287 g/mol. The van der Waals surface area contributed by atoms with Gasteiger partial charge in [-0.15, -0.1) is 0 Å². The lowest BCUT2D eigenvalue weighted by Gasteiger charge is -2.14. The van der Waals surface area contributed by atoms with Crippen LogP contribution in [-0.4, -0.2) is 22.5 Å². The Bertz CT molecular complexity index is 343. The number of hydrogen-bond donors (Lipinski definition) is 2. The molecule has 0 atom stereocenters. The molecule has 0 spiro atoms. The number of thiol groups is 1. The van der Waals surface area contributed by atoms with E-state index in [-0.39, 0.29) is 5.76 Å². The summed E-state index contributed by atoms with van der Waals surface area (Å²) >= 11 is 7.65. The summed E-state index contributed by atoms with van der Waals surface area (Å²) in [5.41, 5.74) is 1.24. The summed E-state index contributed by atoms with van der Waals surface area (Å²) in [6.07, 6.45) is 0.899. The zero-order valence-electron chi connectivity index (χ0n) is 8.36. The average molecular weight is 288 g/mol. The van der Waals surface area contributed by atoms with Crippen LogP contribution in [-0.2, 0) is 6.42 Å². The van der Waals surface area contributed by atoms with Crippen molar-refractivity contribution in [1.82, 2.24) is 4.31 Å². The molecule has 0 aliphatic rings.